The molecule has 116 valence electrons. The van der Waals surface area contributed by atoms with Crippen LogP contribution in [0, 0.1) is 6.92 Å². The Bertz CT molecular complexity index is 728. The van der Waals surface area contributed by atoms with Crippen LogP contribution in [0.4, 0.5) is 5.69 Å². The van der Waals surface area contributed by atoms with Crippen molar-refractivity contribution in [3.8, 4) is 0 Å². The number of aryl methyl sites for hydroxylation is 1. The van der Waals surface area contributed by atoms with E-state index in [-0.39, 0.29) is 11.9 Å². The molecular weight excluding hydrogens is 304 g/mol. The van der Waals surface area contributed by atoms with Gasteiger partial charge in [-0.3, -0.25) is 9.48 Å². The van der Waals surface area contributed by atoms with Gasteiger partial charge in [0.1, 0.15) is 11.9 Å². The van der Waals surface area contributed by atoms with E-state index in [0.29, 0.717) is 22.8 Å². The summed E-state index contributed by atoms with van der Waals surface area (Å²) in [6, 6.07) is 5.44. The van der Waals surface area contributed by atoms with Gasteiger partial charge in [-0.2, -0.15) is 5.10 Å². The molecule has 7 heteroatoms. The first kappa shape index (κ1) is 15.0. The number of amides is 1. The Morgan fingerprint density at radius 1 is 1.50 bits per heavy atom. The van der Waals surface area contributed by atoms with E-state index in [4.69, 9.17) is 17.3 Å². The van der Waals surface area contributed by atoms with Gasteiger partial charge in [0.15, 0.2) is 0 Å². The number of benzene rings is 1. The van der Waals surface area contributed by atoms with E-state index in [1.807, 2.05) is 26.0 Å². The number of hydrogen-bond acceptors (Lipinski definition) is 4. The standard InChI is InChI=1S/C15H17ClN4O2/c1-8-5-10(3-4-12(8)16)19-7-9(2)20-13(15(19)22)11(6-18-20)14(17)21/h3-6,9,14,21H,7,17H2,1-2H3/t9-,14?/m0/s1. The van der Waals surface area contributed by atoms with Gasteiger partial charge < -0.3 is 15.7 Å². The number of halogens is 1. The number of fused-ring (bicyclic) bond motifs is 1. The maximum atomic E-state index is 12.8. The van der Waals surface area contributed by atoms with Gasteiger partial charge in [0, 0.05) is 22.8 Å². The van der Waals surface area contributed by atoms with Gasteiger partial charge >= 0.3 is 0 Å². The second-order valence-corrected chi connectivity index (χ2v) is 5.94. The van der Waals surface area contributed by atoms with Gasteiger partial charge in [-0.25, -0.2) is 0 Å². The van der Waals surface area contributed by atoms with Crippen molar-refractivity contribution < 1.29 is 9.90 Å². The molecule has 0 saturated carbocycles. The highest BCUT2D eigenvalue weighted by molar-refractivity contribution is 6.31. The van der Waals surface area contributed by atoms with Crippen molar-refractivity contribution >= 4 is 23.2 Å². The van der Waals surface area contributed by atoms with Gasteiger partial charge in [0.2, 0.25) is 0 Å². The summed E-state index contributed by atoms with van der Waals surface area (Å²) < 4.78 is 1.62. The monoisotopic (exact) mass is 320 g/mol. The summed E-state index contributed by atoms with van der Waals surface area (Å²) in [5.41, 5.74) is 7.87. The van der Waals surface area contributed by atoms with Gasteiger partial charge in [-0.15, -0.1) is 0 Å². The van der Waals surface area contributed by atoms with Crippen molar-refractivity contribution in [2.24, 2.45) is 5.73 Å². The molecule has 6 nitrogen and oxygen atoms in total. The van der Waals surface area contributed by atoms with Crippen LogP contribution in [0.15, 0.2) is 24.4 Å². The summed E-state index contributed by atoms with van der Waals surface area (Å²) in [6.45, 7) is 4.35. The molecule has 2 heterocycles. The van der Waals surface area contributed by atoms with E-state index in [1.165, 1.54) is 6.20 Å². The van der Waals surface area contributed by atoms with Crippen LogP contribution in [-0.2, 0) is 0 Å². The number of aromatic nitrogens is 2. The Morgan fingerprint density at radius 3 is 2.86 bits per heavy atom. The Hall–Kier alpha value is -1.89. The first-order valence-electron chi connectivity index (χ1n) is 6.99. The number of nitrogens with zero attached hydrogens (tertiary/aromatic N) is 3. The lowest BCUT2D eigenvalue weighted by Gasteiger charge is -2.32. The molecule has 1 aromatic carbocycles. The number of aliphatic hydroxyl groups excluding tert-OH is 1. The molecule has 0 fully saturated rings. The fourth-order valence-electron chi connectivity index (χ4n) is 2.72. The second kappa shape index (κ2) is 5.39. The highest BCUT2D eigenvalue weighted by Gasteiger charge is 2.34. The normalized spacial score (nSPS) is 19.2. The molecule has 1 aromatic heterocycles. The number of nitrogens with two attached hydrogens (primary N) is 1. The molecule has 2 atom stereocenters. The molecule has 0 saturated heterocycles. The predicted octanol–water partition coefficient (Wildman–Crippen LogP) is 2.02. The average molecular weight is 321 g/mol. The van der Waals surface area contributed by atoms with Crippen molar-refractivity contribution in [3.63, 3.8) is 0 Å². The summed E-state index contributed by atoms with van der Waals surface area (Å²) in [5.74, 6) is -0.225. The summed E-state index contributed by atoms with van der Waals surface area (Å²) in [5, 5.41) is 14.5. The van der Waals surface area contributed by atoms with E-state index in [1.54, 1.807) is 15.6 Å². The minimum Gasteiger partial charge on any atom is -0.374 e. The first-order chi connectivity index (χ1) is 10.4. The highest BCUT2D eigenvalue weighted by atomic mass is 35.5. The topological polar surface area (TPSA) is 84.4 Å². The zero-order chi connectivity index (χ0) is 16.0. The third-order valence-corrected chi connectivity index (χ3v) is 4.33. The largest absolute Gasteiger partial charge is 0.374 e. The summed E-state index contributed by atoms with van der Waals surface area (Å²) in [7, 11) is 0. The van der Waals surface area contributed by atoms with Gasteiger partial charge in [-0.1, -0.05) is 11.6 Å². The maximum Gasteiger partial charge on any atom is 0.277 e. The number of anilines is 1. The summed E-state index contributed by atoms with van der Waals surface area (Å²) in [6.07, 6.45) is 0.220. The molecule has 1 aliphatic heterocycles. The van der Waals surface area contributed by atoms with Crippen LogP contribution in [0.3, 0.4) is 0 Å². The minimum absolute atomic E-state index is 0.0174. The Kier molecular flexibility index (Phi) is 3.68. The Balaban J connectivity index is 2.07. The lowest BCUT2D eigenvalue weighted by atomic mass is 10.1. The van der Waals surface area contributed by atoms with Crippen molar-refractivity contribution in [3.05, 3.63) is 46.2 Å². The number of hydrogen-bond donors (Lipinski definition) is 2. The fraction of sp³-hybridized carbons (Fsp3) is 0.333. The molecule has 22 heavy (non-hydrogen) atoms. The van der Waals surface area contributed by atoms with Crippen molar-refractivity contribution in [2.45, 2.75) is 26.1 Å². The predicted molar refractivity (Wildman–Crippen MR) is 84.0 cm³/mol. The molecule has 2 aromatic rings. The Labute approximate surface area is 133 Å². The van der Waals surface area contributed by atoms with Crippen LogP contribution in [0.5, 0.6) is 0 Å². The highest BCUT2D eigenvalue weighted by Crippen LogP contribution is 2.30. The molecule has 0 bridgehead atoms. The number of carbonyl (C=O) groups excluding carboxylic acids is 1. The fourth-order valence-corrected chi connectivity index (χ4v) is 2.84. The number of aliphatic hydroxyl groups is 1. The maximum absolute atomic E-state index is 12.8. The van der Waals surface area contributed by atoms with Crippen LogP contribution < -0.4 is 10.6 Å². The quantitative estimate of drug-likeness (QED) is 0.829. The lowest BCUT2D eigenvalue weighted by molar-refractivity contribution is 0.0944. The zero-order valence-electron chi connectivity index (χ0n) is 12.3. The van der Waals surface area contributed by atoms with Gasteiger partial charge in [-0.05, 0) is 37.6 Å². The van der Waals surface area contributed by atoms with E-state index in [0.717, 1.165) is 11.3 Å². The molecule has 0 aliphatic carbocycles. The third-order valence-electron chi connectivity index (χ3n) is 3.91. The van der Waals surface area contributed by atoms with Crippen LogP contribution in [0.2, 0.25) is 5.02 Å². The lowest BCUT2D eigenvalue weighted by Crippen LogP contribution is -2.43. The van der Waals surface area contributed by atoms with E-state index >= 15 is 0 Å². The molecule has 1 aliphatic rings. The Morgan fingerprint density at radius 2 is 2.23 bits per heavy atom. The number of rotatable bonds is 2. The summed E-state index contributed by atoms with van der Waals surface area (Å²) in [4.78, 5) is 14.5. The third kappa shape index (κ3) is 2.29. The van der Waals surface area contributed by atoms with Crippen LogP contribution in [0.25, 0.3) is 0 Å². The average Bonchev–Trinajstić information content (AvgIpc) is 2.92. The molecule has 3 N–H and O–H groups in total. The van der Waals surface area contributed by atoms with E-state index < -0.39 is 6.23 Å². The SMILES string of the molecule is Cc1cc(N2C[C@H](C)n3ncc(C(N)O)c3C2=O)ccc1Cl. The minimum atomic E-state index is -1.23. The summed E-state index contributed by atoms with van der Waals surface area (Å²) >= 11 is 6.05. The van der Waals surface area contributed by atoms with Gasteiger partial charge in [0.05, 0.1) is 12.2 Å². The zero-order valence-corrected chi connectivity index (χ0v) is 13.1. The van der Waals surface area contributed by atoms with Crippen molar-refractivity contribution in [1.82, 2.24) is 9.78 Å². The smallest absolute Gasteiger partial charge is 0.277 e. The second-order valence-electron chi connectivity index (χ2n) is 5.54. The molecule has 0 radical (unpaired) electrons. The van der Waals surface area contributed by atoms with Crippen LogP contribution in [0.1, 0.15) is 40.8 Å². The van der Waals surface area contributed by atoms with E-state index in [2.05, 4.69) is 5.10 Å². The molecule has 1 amide bonds. The van der Waals surface area contributed by atoms with Gasteiger partial charge in [0.25, 0.3) is 5.91 Å². The molecule has 1 unspecified atom stereocenters. The van der Waals surface area contributed by atoms with E-state index in [9.17, 15) is 9.90 Å². The first-order valence-corrected chi connectivity index (χ1v) is 7.37. The van der Waals surface area contributed by atoms with Crippen molar-refractivity contribution in [1.29, 1.82) is 0 Å². The molecular formula is C15H17ClN4O2. The molecule has 3 rings (SSSR count). The van der Waals surface area contributed by atoms with Crippen LogP contribution >= 0.6 is 11.6 Å². The van der Waals surface area contributed by atoms with Crippen LogP contribution in [-0.4, -0.2) is 27.3 Å². The van der Waals surface area contributed by atoms with Crippen molar-refractivity contribution in [2.75, 3.05) is 11.4 Å². The number of carbonyl (C=O) groups is 1. The molecule has 0 spiro atoms.